The molecule has 0 radical (unpaired) electrons. The Kier molecular flexibility index (Phi) is 4.20. The second-order valence-electron chi connectivity index (χ2n) is 3.51. The molecule has 0 bridgehead atoms. The van der Waals surface area contributed by atoms with Gasteiger partial charge in [-0.1, -0.05) is 58.0 Å². The quantitative estimate of drug-likeness (QED) is 0.601. The highest BCUT2D eigenvalue weighted by molar-refractivity contribution is 6.46. The Bertz CT molecular complexity index is 624. The largest absolute Gasteiger partial charge is 0.505 e. The maximum atomic E-state index is 9.77. The molecule has 1 nitrogen and oxygen atoms in total. The van der Waals surface area contributed by atoms with Gasteiger partial charge in [-0.15, -0.1) is 0 Å². The van der Waals surface area contributed by atoms with Crippen LogP contribution in [0.25, 0.3) is 11.1 Å². The van der Waals surface area contributed by atoms with Gasteiger partial charge >= 0.3 is 0 Å². The first-order valence-corrected chi connectivity index (χ1v) is 6.62. The Balaban J connectivity index is 2.75. The van der Waals surface area contributed by atoms with Crippen molar-refractivity contribution in [2.75, 3.05) is 0 Å². The molecule has 0 saturated heterocycles. The third-order valence-corrected chi connectivity index (χ3v) is 4.08. The van der Waals surface area contributed by atoms with Crippen molar-refractivity contribution in [2.45, 2.75) is 0 Å². The van der Waals surface area contributed by atoms with Crippen LogP contribution in [0.2, 0.25) is 25.1 Å². The third-order valence-electron chi connectivity index (χ3n) is 2.35. The molecule has 0 aliphatic heterocycles. The third kappa shape index (κ3) is 2.52. The molecular weight excluding hydrogens is 337 g/mol. The molecule has 0 saturated carbocycles. The van der Waals surface area contributed by atoms with Crippen molar-refractivity contribution in [3.8, 4) is 16.9 Å². The summed E-state index contributed by atoms with van der Waals surface area (Å²) in [6.45, 7) is 0. The number of benzene rings is 2. The van der Waals surface area contributed by atoms with Crippen molar-refractivity contribution in [3.63, 3.8) is 0 Å². The Morgan fingerprint density at radius 3 is 2.06 bits per heavy atom. The average molecular weight is 342 g/mol. The van der Waals surface area contributed by atoms with E-state index < -0.39 is 0 Å². The number of rotatable bonds is 1. The van der Waals surface area contributed by atoms with E-state index in [1.807, 2.05) is 0 Å². The Morgan fingerprint density at radius 2 is 1.39 bits per heavy atom. The monoisotopic (exact) mass is 340 g/mol. The first-order valence-electron chi connectivity index (χ1n) is 4.73. The van der Waals surface area contributed by atoms with E-state index in [0.29, 0.717) is 21.2 Å². The van der Waals surface area contributed by atoms with Gasteiger partial charge in [0.15, 0.2) is 5.75 Å². The van der Waals surface area contributed by atoms with Gasteiger partial charge < -0.3 is 5.11 Å². The van der Waals surface area contributed by atoms with Crippen LogP contribution in [0.4, 0.5) is 0 Å². The summed E-state index contributed by atoms with van der Waals surface area (Å²) in [5.41, 5.74) is 1.04. The van der Waals surface area contributed by atoms with E-state index >= 15 is 0 Å². The van der Waals surface area contributed by atoms with Crippen molar-refractivity contribution in [2.24, 2.45) is 0 Å². The molecule has 0 spiro atoms. The number of phenolic OH excluding ortho intramolecular Hbond substituents is 1. The zero-order valence-corrected chi connectivity index (χ0v) is 12.4. The second-order valence-corrected chi connectivity index (χ2v) is 5.51. The summed E-state index contributed by atoms with van der Waals surface area (Å²) in [5.74, 6) is -0.281. The zero-order valence-electron chi connectivity index (χ0n) is 8.65. The maximum absolute atomic E-state index is 9.77. The number of aromatic hydroxyl groups is 1. The smallest absolute Gasteiger partial charge is 0.154 e. The van der Waals surface area contributed by atoms with Crippen LogP contribution in [-0.2, 0) is 0 Å². The lowest BCUT2D eigenvalue weighted by molar-refractivity contribution is 0.476. The maximum Gasteiger partial charge on any atom is 0.154 e. The molecule has 2 rings (SSSR count). The van der Waals surface area contributed by atoms with Crippen molar-refractivity contribution in [1.29, 1.82) is 0 Å². The fourth-order valence-corrected chi connectivity index (χ4v) is 2.53. The van der Waals surface area contributed by atoms with E-state index in [9.17, 15) is 5.11 Å². The lowest BCUT2D eigenvalue weighted by atomic mass is 10.1. The molecule has 0 aliphatic carbocycles. The summed E-state index contributed by atoms with van der Waals surface area (Å²) in [7, 11) is 0. The fraction of sp³-hybridized carbons (Fsp3) is 0. The van der Waals surface area contributed by atoms with Crippen molar-refractivity contribution < 1.29 is 5.11 Å². The van der Waals surface area contributed by atoms with E-state index in [1.54, 1.807) is 18.2 Å². The Labute approximate surface area is 129 Å². The molecule has 0 heterocycles. The van der Waals surface area contributed by atoms with E-state index in [-0.39, 0.29) is 20.8 Å². The number of halogens is 5. The fourth-order valence-electron chi connectivity index (χ4n) is 1.49. The van der Waals surface area contributed by atoms with Crippen LogP contribution in [0.15, 0.2) is 24.3 Å². The van der Waals surface area contributed by atoms with Crippen LogP contribution in [-0.4, -0.2) is 5.11 Å². The highest BCUT2D eigenvalue weighted by Gasteiger charge is 2.17. The van der Waals surface area contributed by atoms with Crippen molar-refractivity contribution in [1.82, 2.24) is 0 Å². The molecule has 94 valence electrons. The minimum absolute atomic E-state index is 0.00330. The van der Waals surface area contributed by atoms with Gasteiger partial charge in [-0.3, -0.25) is 0 Å². The van der Waals surface area contributed by atoms with Crippen LogP contribution in [0.5, 0.6) is 5.75 Å². The van der Waals surface area contributed by atoms with Crippen molar-refractivity contribution >= 4 is 58.0 Å². The van der Waals surface area contributed by atoms with E-state index in [1.165, 1.54) is 6.07 Å². The van der Waals surface area contributed by atoms with Gasteiger partial charge in [0, 0.05) is 21.2 Å². The number of phenols is 1. The van der Waals surface area contributed by atoms with Crippen LogP contribution in [0.3, 0.4) is 0 Å². The summed E-state index contributed by atoms with van der Waals surface area (Å²) >= 11 is 29.7. The molecule has 18 heavy (non-hydrogen) atoms. The molecule has 0 atom stereocenters. The highest BCUT2D eigenvalue weighted by atomic mass is 35.5. The summed E-state index contributed by atoms with van der Waals surface area (Å²) in [4.78, 5) is 0. The minimum atomic E-state index is -0.281. The Morgan fingerprint density at radius 1 is 0.722 bits per heavy atom. The molecule has 1 N–H and O–H groups in total. The first-order chi connectivity index (χ1) is 8.41. The Hall–Kier alpha value is -0.310. The van der Waals surface area contributed by atoms with E-state index in [0.717, 1.165) is 0 Å². The normalized spacial score (nSPS) is 10.7. The van der Waals surface area contributed by atoms with Crippen LogP contribution < -0.4 is 0 Å². The summed E-state index contributed by atoms with van der Waals surface area (Å²) in [6.07, 6.45) is 0. The van der Waals surface area contributed by atoms with Crippen molar-refractivity contribution in [3.05, 3.63) is 49.4 Å². The molecular formula is C12H5Cl5O. The minimum Gasteiger partial charge on any atom is -0.505 e. The van der Waals surface area contributed by atoms with Gasteiger partial charge in [0.05, 0.1) is 10.0 Å². The number of hydrogen-bond acceptors (Lipinski definition) is 1. The summed E-state index contributed by atoms with van der Waals surface area (Å²) in [6, 6.07) is 6.45. The molecule has 2 aromatic rings. The van der Waals surface area contributed by atoms with Gasteiger partial charge in [-0.2, -0.15) is 0 Å². The molecule has 0 fully saturated rings. The SMILES string of the molecule is Oc1c(Cl)c(Cl)cc(-c2cc(Cl)ccc2Cl)c1Cl. The summed E-state index contributed by atoms with van der Waals surface area (Å²) < 4.78 is 0. The second kappa shape index (κ2) is 5.36. The van der Waals surface area contributed by atoms with Gasteiger partial charge in [0.2, 0.25) is 0 Å². The molecule has 0 amide bonds. The molecule has 0 unspecified atom stereocenters. The van der Waals surface area contributed by atoms with Crippen LogP contribution in [0, 0.1) is 0 Å². The number of hydrogen-bond donors (Lipinski definition) is 1. The van der Waals surface area contributed by atoms with Gasteiger partial charge in [0.1, 0.15) is 5.02 Å². The van der Waals surface area contributed by atoms with Gasteiger partial charge in [-0.25, -0.2) is 0 Å². The van der Waals surface area contributed by atoms with Gasteiger partial charge in [0.25, 0.3) is 0 Å². The average Bonchev–Trinajstić information content (AvgIpc) is 2.34. The lowest BCUT2D eigenvalue weighted by Gasteiger charge is -2.11. The van der Waals surface area contributed by atoms with E-state index in [2.05, 4.69) is 0 Å². The predicted octanol–water partition coefficient (Wildman–Crippen LogP) is 6.33. The molecule has 0 aliphatic rings. The standard InChI is InChI=1S/C12H5Cl5O/c13-5-1-2-8(14)6(3-5)7-4-9(15)11(17)12(18)10(7)16/h1-4,18H. The predicted molar refractivity (Wildman–Crippen MR) is 78.6 cm³/mol. The molecule has 6 heteroatoms. The molecule has 0 aromatic heterocycles. The van der Waals surface area contributed by atoms with Gasteiger partial charge in [-0.05, 0) is 24.3 Å². The first kappa shape index (κ1) is 14.1. The molecule has 2 aromatic carbocycles. The van der Waals surface area contributed by atoms with E-state index in [4.69, 9.17) is 58.0 Å². The van der Waals surface area contributed by atoms with Crippen LogP contribution >= 0.6 is 58.0 Å². The topological polar surface area (TPSA) is 20.2 Å². The highest BCUT2D eigenvalue weighted by Crippen LogP contribution is 2.45. The zero-order chi connectivity index (χ0) is 13.4. The lowest BCUT2D eigenvalue weighted by Crippen LogP contribution is -1.85. The summed E-state index contributed by atoms with van der Waals surface area (Å²) in [5, 5.41) is 11.0. The van der Waals surface area contributed by atoms with Crippen LogP contribution in [0.1, 0.15) is 0 Å².